The van der Waals surface area contributed by atoms with E-state index in [1.54, 1.807) is 0 Å². The molecule has 0 aliphatic heterocycles. The van der Waals surface area contributed by atoms with Crippen LogP contribution in [0.5, 0.6) is 0 Å². The van der Waals surface area contributed by atoms with Crippen molar-refractivity contribution < 1.29 is 24.2 Å². The highest BCUT2D eigenvalue weighted by atomic mass is 16.5. The molecular weight excluding hydrogens is 743 g/mol. The zero-order chi connectivity index (χ0) is 43.7. The zero-order valence-corrected chi connectivity index (χ0v) is 38.5. The first-order valence-corrected chi connectivity index (χ1v) is 24.4. The number of nitrogens with one attached hydrogen (secondary N) is 1. The minimum atomic E-state index is -1.02. The summed E-state index contributed by atoms with van der Waals surface area (Å²) in [5.41, 5.74) is 0. The van der Waals surface area contributed by atoms with Crippen LogP contribution in [-0.2, 0) is 19.1 Å². The number of hydrogen-bond acceptors (Lipinski definition) is 4. The molecule has 0 heterocycles. The quantitative estimate of drug-likeness (QED) is 0.0363. The molecule has 0 spiro atoms. The van der Waals surface area contributed by atoms with E-state index in [1.165, 1.54) is 57.8 Å². The second-order valence-corrected chi connectivity index (χ2v) is 15.9. The Morgan fingerprint density at radius 1 is 0.433 bits per heavy atom. The second-order valence-electron chi connectivity index (χ2n) is 15.9. The minimum absolute atomic E-state index is 0.0226. The number of carboxylic acid groups (broad SMARTS) is 1. The van der Waals surface area contributed by atoms with Crippen LogP contribution in [0.1, 0.15) is 213 Å². The molecule has 0 aromatic rings. The van der Waals surface area contributed by atoms with Crippen molar-refractivity contribution in [3.05, 3.63) is 97.2 Å². The number of hydrogen-bond donors (Lipinski definition) is 2. The monoisotopic (exact) mass is 832 g/mol. The van der Waals surface area contributed by atoms with Crippen LogP contribution in [0, 0.1) is 0 Å². The van der Waals surface area contributed by atoms with Gasteiger partial charge in [-0.3, -0.25) is 14.4 Å². The lowest BCUT2D eigenvalue weighted by atomic mass is 10.0. The highest BCUT2D eigenvalue weighted by molar-refractivity contribution is 5.80. The van der Waals surface area contributed by atoms with Gasteiger partial charge in [-0.1, -0.05) is 182 Å². The van der Waals surface area contributed by atoms with Crippen molar-refractivity contribution in [1.29, 1.82) is 0 Å². The molecule has 1 atom stereocenters. The van der Waals surface area contributed by atoms with E-state index in [9.17, 15) is 14.4 Å². The SMILES string of the molecule is CC/C=C\C/C=C\C/C=C\C/C=C\CCCCCCCCCCCCC(=O)OC(CCCC/C=C\C/C=C\C/C=C\C/C=C\CC)CCCCCCCC(=O)NCC(=O)O. The van der Waals surface area contributed by atoms with E-state index in [4.69, 9.17) is 9.84 Å². The number of amides is 1. The van der Waals surface area contributed by atoms with Crippen molar-refractivity contribution in [2.24, 2.45) is 0 Å². The van der Waals surface area contributed by atoms with Crippen molar-refractivity contribution in [1.82, 2.24) is 5.32 Å². The maximum atomic E-state index is 12.8. The first-order valence-electron chi connectivity index (χ1n) is 24.4. The zero-order valence-electron chi connectivity index (χ0n) is 38.5. The van der Waals surface area contributed by atoms with Gasteiger partial charge in [0.25, 0.3) is 0 Å². The average Bonchev–Trinajstić information content (AvgIpc) is 3.24. The molecule has 1 unspecified atom stereocenters. The molecule has 0 aromatic heterocycles. The lowest BCUT2D eigenvalue weighted by Gasteiger charge is -2.18. The van der Waals surface area contributed by atoms with Crippen LogP contribution in [0.3, 0.4) is 0 Å². The fourth-order valence-electron chi connectivity index (χ4n) is 6.73. The van der Waals surface area contributed by atoms with E-state index in [-0.39, 0.29) is 24.5 Å². The number of ether oxygens (including phenoxy) is 1. The fourth-order valence-corrected chi connectivity index (χ4v) is 6.73. The van der Waals surface area contributed by atoms with Crippen molar-refractivity contribution in [2.45, 2.75) is 219 Å². The highest BCUT2D eigenvalue weighted by Crippen LogP contribution is 2.18. The number of rotatable bonds is 43. The first kappa shape index (κ1) is 56.3. The van der Waals surface area contributed by atoms with Gasteiger partial charge in [0.2, 0.25) is 5.91 Å². The molecule has 6 heteroatoms. The van der Waals surface area contributed by atoms with Crippen LogP contribution >= 0.6 is 0 Å². The third-order valence-corrected chi connectivity index (χ3v) is 10.3. The molecule has 0 radical (unpaired) electrons. The predicted molar refractivity (Wildman–Crippen MR) is 258 cm³/mol. The molecule has 2 N–H and O–H groups in total. The first-order chi connectivity index (χ1) is 29.5. The number of carbonyl (C=O) groups excluding carboxylic acids is 2. The predicted octanol–water partition coefficient (Wildman–Crippen LogP) is 15.7. The van der Waals surface area contributed by atoms with Gasteiger partial charge in [0, 0.05) is 12.8 Å². The number of unbranched alkanes of at least 4 members (excludes halogenated alkanes) is 16. The van der Waals surface area contributed by atoms with E-state index >= 15 is 0 Å². The maximum Gasteiger partial charge on any atom is 0.322 e. The maximum absolute atomic E-state index is 12.8. The number of aliphatic carboxylic acids is 1. The van der Waals surface area contributed by atoms with Gasteiger partial charge in [-0.2, -0.15) is 0 Å². The van der Waals surface area contributed by atoms with Gasteiger partial charge in [-0.25, -0.2) is 0 Å². The summed E-state index contributed by atoms with van der Waals surface area (Å²) in [5.74, 6) is -1.27. The standard InChI is InChI=1S/C54H89NO5/c1-3-5-7-9-11-13-15-17-19-20-21-22-23-24-25-26-28-30-32-34-36-41-45-49-54(59)60-51(47-43-39-37-40-44-48-52(56)55-50-53(57)58)46-42-38-35-33-31-29-27-18-16-14-12-10-8-6-4-2/h5-8,11-14,17-19,21-22,27,31,33,51H,3-4,9-10,15-16,20,23-26,28-30,32,34-50H2,1-2H3,(H,55,56)(H,57,58)/b7-5-,8-6-,13-11-,14-12-,19-17-,22-21-,27-18-,33-31-. The molecule has 0 bridgehead atoms. The Labute approximate surface area is 369 Å². The van der Waals surface area contributed by atoms with E-state index in [1.807, 2.05) is 0 Å². The van der Waals surface area contributed by atoms with Gasteiger partial charge in [0.15, 0.2) is 0 Å². The van der Waals surface area contributed by atoms with Gasteiger partial charge < -0.3 is 15.2 Å². The van der Waals surface area contributed by atoms with Crippen molar-refractivity contribution >= 4 is 17.8 Å². The van der Waals surface area contributed by atoms with Crippen molar-refractivity contribution in [3.8, 4) is 0 Å². The molecular formula is C54H89NO5. The number of carbonyl (C=O) groups is 3. The summed E-state index contributed by atoms with van der Waals surface area (Å²) >= 11 is 0. The molecule has 0 aliphatic rings. The molecule has 0 saturated heterocycles. The van der Waals surface area contributed by atoms with Crippen LogP contribution in [0.25, 0.3) is 0 Å². The Balaban J connectivity index is 4.19. The summed E-state index contributed by atoms with van der Waals surface area (Å²) in [6, 6.07) is 0. The summed E-state index contributed by atoms with van der Waals surface area (Å²) in [7, 11) is 0. The topological polar surface area (TPSA) is 92.7 Å². The smallest absolute Gasteiger partial charge is 0.322 e. The van der Waals surface area contributed by atoms with Gasteiger partial charge in [-0.15, -0.1) is 0 Å². The van der Waals surface area contributed by atoms with E-state index in [0.29, 0.717) is 12.8 Å². The lowest BCUT2D eigenvalue weighted by molar-refractivity contribution is -0.150. The van der Waals surface area contributed by atoms with Crippen LogP contribution in [-0.4, -0.2) is 35.6 Å². The van der Waals surface area contributed by atoms with Crippen LogP contribution < -0.4 is 5.32 Å². The van der Waals surface area contributed by atoms with Crippen LogP contribution in [0.4, 0.5) is 0 Å². The molecule has 1 amide bonds. The van der Waals surface area contributed by atoms with Crippen molar-refractivity contribution in [2.75, 3.05) is 6.54 Å². The molecule has 340 valence electrons. The summed E-state index contributed by atoms with van der Waals surface area (Å²) in [4.78, 5) is 35.2. The highest BCUT2D eigenvalue weighted by Gasteiger charge is 2.14. The molecule has 0 aliphatic carbocycles. The normalized spacial score (nSPS) is 13.0. The van der Waals surface area contributed by atoms with Gasteiger partial charge in [0.05, 0.1) is 0 Å². The lowest BCUT2D eigenvalue weighted by Crippen LogP contribution is -2.28. The molecule has 6 nitrogen and oxygen atoms in total. The Kier molecular flexibility index (Phi) is 45.1. The molecule has 0 fully saturated rings. The number of carboxylic acids is 1. The van der Waals surface area contributed by atoms with Crippen LogP contribution in [0.15, 0.2) is 97.2 Å². The van der Waals surface area contributed by atoms with Crippen LogP contribution in [0.2, 0.25) is 0 Å². The van der Waals surface area contributed by atoms with E-state index in [2.05, 4.69) is 116 Å². The molecule has 0 rings (SSSR count). The second kappa shape index (κ2) is 48.0. The van der Waals surface area contributed by atoms with E-state index in [0.717, 1.165) is 128 Å². The Bertz CT molecular complexity index is 1240. The Morgan fingerprint density at radius 2 is 0.767 bits per heavy atom. The minimum Gasteiger partial charge on any atom is -0.480 e. The largest absolute Gasteiger partial charge is 0.480 e. The van der Waals surface area contributed by atoms with Crippen molar-refractivity contribution in [3.63, 3.8) is 0 Å². The third-order valence-electron chi connectivity index (χ3n) is 10.3. The van der Waals surface area contributed by atoms with Gasteiger partial charge in [0.1, 0.15) is 12.6 Å². The fraction of sp³-hybridized carbons (Fsp3) is 0.648. The molecule has 0 aromatic carbocycles. The molecule has 60 heavy (non-hydrogen) atoms. The number of esters is 1. The average molecular weight is 832 g/mol. The summed E-state index contributed by atoms with van der Waals surface area (Å²) in [5, 5.41) is 11.1. The third kappa shape index (κ3) is 47.0. The van der Waals surface area contributed by atoms with E-state index < -0.39 is 5.97 Å². The Morgan fingerprint density at radius 3 is 1.20 bits per heavy atom. The van der Waals surface area contributed by atoms with Gasteiger partial charge >= 0.3 is 11.9 Å². The molecule has 0 saturated carbocycles. The number of allylic oxidation sites excluding steroid dienone is 16. The summed E-state index contributed by atoms with van der Waals surface area (Å²) < 4.78 is 6.04. The summed E-state index contributed by atoms with van der Waals surface area (Å²) in [6.07, 6.45) is 68.3. The van der Waals surface area contributed by atoms with Gasteiger partial charge in [-0.05, 0) is 116 Å². The Hall–Kier alpha value is -3.67. The summed E-state index contributed by atoms with van der Waals surface area (Å²) in [6.45, 7) is 4.00.